The number of hydrogen-bond donors (Lipinski definition) is 1. The van der Waals surface area contributed by atoms with E-state index >= 15 is 0 Å². The molecule has 0 spiro atoms. The van der Waals surface area contributed by atoms with E-state index in [0.29, 0.717) is 0 Å². The Balaban J connectivity index is 0.00000288. The molecule has 1 saturated carbocycles. The summed E-state index contributed by atoms with van der Waals surface area (Å²) in [5.74, 6) is 0.0162. The Hall–Kier alpha value is -0.630. The summed E-state index contributed by atoms with van der Waals surface area (Å²) in [4.78, 5) is 0.276. The van der Waals surface area contributed by atoms with Gasteiger partial charge in [-0.15, -0.1) is 12.4 Å². The van der Waals surface area contributed by atoms with E-state index in [4.69, 9.17) is 5.73 Å². The third-order valence-corrected chi connectivity index (χ3v) is 8.50. The first-order valence-corrected chi connectivity index (χ1v) is 11.1. The molecule has 0 unspecified atom stereocenters. The molecule has 1 aliphatic carbocycles. The van der Waals surface area contributed by atoms with Gasteiger partial charge in [-0.1, -0.05) is 13.8 Å². The lowest BCUT2D eigenvalue weighted by Crippen LogP contribution is -2.49. The number of nitrogens with two attached hydrogens (primary N) is 1. The van der Waals surface area contributed by atoms with Crippen molar-refractivity contribution in [2.24, 2.45) is 17.1 Å². The topological polar surface area (TPSA) is 94.3 Å². The van der Waals surface area contributed by atoms with E-state index in [1.807, 2.05) is 20.8 Å². The highest BCUT2D eigenvalue weighted by Crippen LogP contribution is 2.49. The van der Waals surface area contributed by atoms with Crippen LogP contribution in [0.1, 0.15) is 33.6 Å². The Morgan fingerprint density at radius 1 is 1.04 bits per heavy atom. The fourth-order valence-corrected chi connectivity index (χ4v) is 5.66. The number of halogens is 1. The lowest BCUT2D eigenvalue weighted by Gasteiger charge is -2.38. The molecule has 0 aromatic heterocycles. The fraction of sp³-hybridized carbons (Fsp3) is 0.625. The predicted octanol–water partition coefficient (Wildman–Crippen LogP) is 2.44. The highest BCUT2D eigenvalue weighted by Gasteiger charge is 2.50. The molecule has 1 aromatic carbocycles. The summed E-state index contributed by atoms with van der Waals surface area (Å²) in [5.41, 5.74) is 5.66. The third-order valence-electron chi connectivity index (χ3n) is 5.54. The van der Waals surface area contributed by atoms with Gasteiger partial charge in [-0.25, -0.2) is 16.8 Å². The molecule has 24 heavy (non-hydrogen) atoms. The molecule has 0 radical (unpaired) electrons. The Morgan fingerprint density at radius 3 is 1.88 bits per heavy atom. The van der Waals surface area contributed by atoms with Gasteiger partial charge < -0.3 is 5.73 Å². The monoisotopic (exact) mass is 395 g/mol. The average Bonchev–Trinajstić information content (AvgIpc) is 2.60. The van der Waals surface area contributed by atoms with Crippen molar-refractivity contribution in [1.82, 2.24) is 0 Å². The summed E-state index contributed by atoms with van der Waals surface area (Å²) in [5, 5.41) is 0. The van der Waals surface area contributed by atoms with Crippen molar-refractivity contribution in [3.8, 4) is 0 Å². The van der Waals surface area contributed by atoms with Crippen LogP contribution in [0.5, 0.6) is 0 Å². The SMILES string of the molecule is CC1(C)[C@@H](CS(=O)(=O)c2ccc(S(C)(=O)=O)cc2)CC[C@@]1(C)N.Cl. The van der Waals surface area contributed by atoms with Crippen LogP contribution in [-0.4, -0.2) is 34.4 Å². The molecule has 0 saturated heterocycles. The molecule has 0 bridgehead atoms. The second-order valence-corrected chi connectivity index (χ2v) is 11.4. The molecule has 5 nitrogen and oxygen atoms in total. The Labute approximate surface area is 151 Å². The highest BCUT2D eigenvalue weighted by atomic mass is 35.5. The van der Waals surface area contributed by atoms with Crippen LogP contribution >= 0.6 is 12.4 Å². The van der Waals surface area contributed by atoms with Gasteiger partial charge in [-0.3, -0.25) is 0 Å². The van der Waals surface area contributed by atoms with E-state index < -0.39 is 19.7 Å². The first-order chi connectivity index (χ1) is 10.3. The second kappa shape index (κ2) is 6.59. The van der Waals surface area contributed by atoms with Crippen LogP contribution in [0.25, 0.3) is 0 Å². The maximum atomic E-state index is 12.7. The van der Waals surface area contributed by atoms with Gasteiger partial charge >= 0.3 is 0 Å². The van der Waals surface area contributed by atoms with Gasteiger partial charge in [0.25, 0.3) is 0 Å². The van der Waals surface area contributed by atoms with Crippen LogP contribution < -0.4 is 5.73 Å². The van der Waals surface area contributed by atoms with Crippen LogP contribution in [0.15, 0.2) is 34.1 Å². The van der Waals surface area contributed by atoms with Gasteiger partial charge in [-0.2, -0.15) is 0 Å². The second-order valence-electron chi connectivity index (χ2n) is 7.40. The molecule has 138 valence electrons. The number of rotatable bonds is 4. The minimum absolute atomic E-state index is 0. The summed E-state index contributed by atoms with van der Waals surface area (Å²) in [6.45, 7) is 6.01. The molecular weight excluding hydrogens is 370 g/mol. The lowest BCUT2D eigenvalue weighted by molar-refractivity contribution is 0.177. The zero-order valence-corrected chi connectivity index (χ0v) is 16.9. The van der Waals surface area contributed by atoms with Gasteiger partial charge in [0.05, 0.1) is 15.5 Å². The molecular formula is C16H26ClNO4S2. The van der Waals surface area contributed by atoms with Gasteiger partial charge in [0.2, 0.25) is 0 Å². The lowest BCUT2D eigenvalue weighted by atomic mass is 9.72. The van der Waals surface area contributed by atoms with E-state index in [2.05, 4.69) is 0 Å². The van der Waals surface area contributed by atoms with E-state index in [1.54, 1.807) is 0 Å². The first kappa shape index (κ1) is 21.4. The van der Waals surface area contributed by atoms with Gasteiger partial charge in [0, 0.05) is 11.8 Å². The highest BCUT2D eigenvalue weighted by molar-refractivity contribution is 7.91. The maximum Gasteiger partial charge on any atom is 0.178 e. The van der Waals surface area contributed by atoms with E-state index in [1.165, 1.54) is 24.3 Å². The normalized spacial score (nSPS) is 26.8. The van der Waals surface area contributed by atoms with Crippen molar-refractivity contribution < 1.29 is 16.8 Å². The van der Waals surface area contributed by atoms with Crippen LogP contribution in [0, 0.1) is 11.3 Å². The van der Waals surface area contributed by atoms with Gasteiger partial charge in [0.1, 0.15) is 0 Å². The molecule has 1 aromatic rings. The van der Waals surface area contributed by atoms with E-state index in [-0.39, 0.29) is 44.8 Å². The zero-order valence-electron chi connectivity index (χ0n) is 14.4. The predicted molar refractivity (Wildman–Crippen MR) is 98.0 cm³/mol. The molecule has 0 aliphatic heterocycles. The van der Waals surface area contributed by atoms with E-state index in [9.17, 15) is 16.8 Å². The largest absolute Gasteiger partial charge is 0.325 e. The summed E-state index contributed by atoms with van der Waals surface area (Å²) in [6.07, 6.45) is 2.67. The minimum atomic E-state index is -3.48. The molecule has 2 rings (SSSR count). The number of hydrogen-bond acceptors (Lipinski definition) is 5. The number of benzene rings is 1. The van der Waals surface area contributed by atoms with Gasteiger partial charge in [0.15, 0.2) is 19.7 Å². The van der Waals surface area contributed by atoms with Crippen molar-refractivity contribution in [3.63, 3.8) is 0 Å². The van der Waals surface area contributed by atoms with Crippen LogP contribution in [-0.2, 0) is 19.7 Å². The minimum Gasteiger partial charge on any atom is -0.325 e. The molecule has 2 atom stereocenters. The third kappa shape index (κ3) is 3.95. The van der Waals surface area contributed by atoms with Crippen LogP contribution in [0.2, 0.25) is 0 Å². The number of sulfone groups is 2. The molecule has 0 heterocycles. The summed E-state index contributed by atoms with van der Waals surface area (Å²) >= 11 is 0. The van der Waals surface area contributed by atoms with Crippen molar-refractivity contribution in [2.75, 3.05) is 12.0 Å². The van der Waals surface area contributed by atoms with E-state index in [0.717, 1.165) is 19.1 Å². The standard InChI is InChI=1S/C16H25NO4S2.ClH/c1-15(2)12(9-10-16(15,3)17)11-23(20,21)14-7-5-13(6-8-14)22(4,18)19;/h5-8,12H,9-11,17H2,1-4H3;1H/t12-,16-;/m1./s1. The molecule has 2 N–H and O–H groups in total. The molecule has 1 fully saturated rings. The quantitative estimate of drug-likeness (QED) is 0.844. The molecule has 1 aliphatic rings. The first-order valence-electron chi connectivity index (χ1n) is 7.59. The Kier molecular flexibility index (Phi) is 5.88. The summed E-state index contributed by atoms with van der Waals surface area (Å²) < 4.78 is 48.2. The fourth-order valence-electron chi connectivity index (χ4n) is 3.17. The molecule has 8 heteroatoms. The van der Waals surface area contributed by atoms with Crippen molar-refractivity contribution in [1.29, 1.82) is 0 Å². The summed E-state index contributed by atoms with van der Waals surface area (Å²) in [7, 11) is -6.81. The maximum absolute atomic E-state index is 12.7. The van der Waals surface area contributed by atoms with Crippen molar-refractivity contribution in [2.45, 2.75) is 48.9 Å². The Morgan fingerprint density at radius 2 is 1.50 bits per heavy atom. The van der Waals surface area contributed by atoms with Crippen LogP contribution in [0.3, 0.4) is 0 Å². The van der Waals surface area contributed by atoms with Gasteiger partial charge in [-0.05, 0) is 55.4 Å². The van der Waals surface area contributed by atoms with Crippen LogP contribution in [0.4, 0.5) is 0 Å². The zero-order chi connectivity index (χ0) is 17.7. The van der Waals surface area contributed by atoms with Crippen molar-refractivity contribution >= 4 is 32.1 Å². The smallest absolute Gasteiger partial charge is 0.178 e. The average molecular weight is 396 g/mol. The summed E-state index contributed by atoms with van der Waals surface area (Å²) in [6, 6.07) is 5.43. The Bertz CT molecular complexity index is 797. The molecule has 0 amide bonds. The van der Waals surface area contributed by atoms with Crippen molar-refractivity contribution in [3.05, 3.63) is 24.3 Å².